The lowest BCUT2D eigenvalue weighted by Crippen LogP contribution is -2.19. The maximum absolute atomic E-state index is 13.6. The molecule has 0 fully saturated rings. The molecular weight excluding hydrogens is 261 g/mol. The van der Waals surface area contributed by atoms with Gasteiger partial charge in [0, 0.05) is 5.02 Å². The van der Waals surface area contributed by atoms with Crippen molar-refractivity contribution in [3.8, 4) is 0 Å². The van der Waals surface area contributed by atoms with Crippen LogP contribution in [0.5, 0.6) is 0 Å². The minimum atomic E-state index is -0.160. The lowest BCUT2D eigenvalue weighted by molar-refractivity contribution is 0.512. The van der Waals surface area contributed by atoms with Crippen molar-refractivity contribution in [1.82, 2.24) is 0 Å². The summed E-state index contributed by atoms with van der Waals surface area (Å²) in [6.45, 7) is 0.529. The van der Waals surface area contributed by atoms with Crippen LogP contribution in [0.3, 0.4) is 0 Å². The van der Waals surface area contributed by atoms with E-state index < -0.39 is 0 Å². The van der Waals surface area contributed by atoms with Crippen LogP contribution in [-0.2, 0) is 12.8 Å². The summed E-state index contributed by atoms with van der Waals surface area (Å²) >= 11 is 5.97. The Balaban J connectivity index is 2.07. The second-order valence-electron chi connectivity index (χ2n) is 4.73. The zero-order chi connectivity index (χ0) is 13.7. The predicted octanol–water partition coefficient (Wildman–Crippen LogP) is 3.84. The first kappa shape index (κ1) is 14.0. The summed E-state index contributed by atoms with van der Waals surface area (Å²) in [6, 6.07) is 14.6. The van der Waals surface area contributed by atoms with E-state index in [1.165, 1.54) is 6.07 Å². The van der Waals surface area contributed by atoms with E-state index >= 15 is 0 Å². The number of hydrogen-bond donors (Lipinski definition) is 1. The number of hydrogen-bond acceptors (Lipinski definition) is 1. The summed E-state index contributed by atoms with van der Waals surface area (Å²) in [5.74, 6) is 0.0578. The van der Waals surface area contributed by atoms with Gasteiger partial charge in [-0.05, 0) is 54.6 Å². The first-order valence-electron chi connectivity index (χ1n) is 6.37. The van der Waals surface area contributed by atoms with Gasteiger partial charge in [0.25, 0.3) is 0 Å². The quantitative estimate of drug-likeness (QED) is 0.883. The summed E-state index contributed by atoms with van der Waals surface area (Å²) in [7, 11) is 0. The zero-order valence-corrected chi connectivity index (χ0v) is 11.4. The summed E-state index contributed by atoms with van der Waals surface area (Å²) in [6.07, 6.45) is 1.46. The molecule has 0 bridgehead atoms. The van der Waals surface area contributed by atoms with Gasteiger partial charge in [0.15, 0.2) is 0 Å². The van der Waals surface area contributed by atoms with Crippen LogP contribution in [-0.4, -0.2) is 6.54 Å². The summed E-state index contributed by atoms with van der Waals surface area (Å²) in [5, 5.41) is 0.721. The van der Waals surface area contributed by atoms with Gasteiger partial charge >= 0.3 is 0 Å². The van der Waals surface area contributed by atoms with Crippen LogP contribution in [0.15, 0.2) is 48.5 Å². The molecule has 2 aromatic carbocycles. The molecule has 0 aliphatic heterocycles. The maximum atomic E-state index is 13.6. The molecule has 0 saturated carbocycles. The van der Waals surface area contributed by atoms with Gasteiger partial charge in [0.1, 0.15) is 5.82 Å². The van der Waals surface area contributed by atoms with Gasteiger partial charge in [-0.1, -0.05) is 41.9 Å². The average Bonchev–Trinajstić information content (AvgIpc) is 2.40. The highest BCUT2D eigenvalue weighted by Gasteiger charge is 2.11. The lowest BCUT2D eigenvalue weighted by atomic mass is 9.92. The standard InChI is InChI=1S/C16H17ClFN/c17-15-6-3-4-12(10-15)8-13(11-19)9-14-5-1-2-7-16(14)18/h1-7,10,13H,8-9,11,19H2. The van der Waals surface area contributed by atoms with Crippen molar-refractivity contribution in [2.45, 2.75) is 12.8 Å². The molecule has 0 aliphatic carbocycles. The van der Waals surface area contributed by atoms with E-state index in [4.69, 9.17) is 17.3 Å². The summed E-state index contributed by atoms with van der Waals surface area (Å²) < 4.78 is 13.6. The fourth-order valence-electron chi connectivity index (χ4n) is 2.21. The fraction of sp³-hybridized carbons (Fsp3) is 0.250. The second-order valence-corrected chi connectivity index (χ2v) is 5.17. The van der Waals surface area contributed by atoms with E-state index in [0.717, 1.165) is 22.6 Å². The summed E-state index contributed by atoms with van der Waals surface area (Å²) in [5.41, 5.74) is 7.66. The minimum Gasteiger partial charge on any atom is -0.330 e. The highest BCUT2D eigenvalue weighted by atomic mass is 35.5. The third kappa shape index (κ3) is 4.05. The van der Waals surface area contributed by atoms with Crippen molar-refractivity contribution in [3.05, 3.63) is 70.5 Å². The normalized spacial score (nSPS) is 12.4. The Labute approximate surface area is 118 Å². The van der Waals surface area contributed by atoms with Crippen molar-refractivity contribution >= 4 is 11.6 Å². The van der Waals surface area contributed by atoms with Crippen LogP contribution < -0.4 is 5.73 Å². The Hall–Kier alpha value is -1.38. The van der Waals surface area contributed by atoms with Crippen molar-refractivity contribution in [2.24, 2.45) is 11.7 Å². The third-order valence-electron chi connectivity index (χ3n) is 3.21. The smallest absolute Gasteiger partial charge is 0.126 e. The third-order valence-corrected chi connectivity index (χ3v) is 3.45. The molecule has 2 N–H and O–H groups in total. The van der Waals surface area contributed by atoms with Crippen LogP contribution in [0.25, 0.3) is 0 Å². The number of rotatable bonds is 5. The average molecular weight is 278 g/mol. The van der Waals surface area contributed by atoms with E-state index in [1.54, 1.807) is 6.07 Å². The minimum absolute atomic E-state index is 0.160. The highest BCUT2D eigenvalue weighted by molar-refractivity contribution is 6.30. The van der Waals surface area contributed by atoms with Crippen molar-refractivity contribution < 1.29 is 4.39 Å². The van der Waals surface area contributed by atoms with Crippen LogP contribution >= 0.6 is 11.6 Å². The molecule has 3 heteroatoms. The molecule has 2 rings (SSSR count). The van der Waals surface area contributed by atoms with Gasteiger partial charge in [0.05, 0.1) is 0 Å². The Bertz CT molecular complexity index is 542. The Morgan fingerprint density at radius 1 is 1.05 bits per heavy atom. The predicted molar refractivity (Wildman–Crippen MR) is 77.8 cm³/mol. The molecule has 1 atom stereocenters. The number of nitrogens with two attached hydrogens (primary N) is 1. The topological polar surface area (TPSA) is 26.0 Å². The molecular formula is C16H17ClFN. The molecule has 1 nitrogen and oxygen atoms in total. The van der Waals surface area contributed by atoms with E-state index in [9.17, 15) is 4.39 Å². The molecule has 0 aromatic heterocycles. The van der Waals surface area contributed by atoms with E-state index in [0.29, 0.717) is 13.0 Å². The van der Waals surface area contributed by atoms with Crippen molar-refractivity contribution in [3.63, 3.8) is 0 Å². The second kappa shape index (κ2) is 6.69. The van der Waals surface area contributed by atoms with E-state index in [-0.39, 0.29) is 11.7 Å². The molecule has 0 heterocycles. The Morgan fingerprint density at radius 3 is 2.53 bits per heavy atom. The van der Waals surface area contributed by atoms with Crippen molar-refractivity contribution in [1.29, 1.82) is 0 Å². The van der Waals surface area contributed by atoms with Crippen LogP contribution in [0.4, 0.5) is 4.39 Å². The van der Waals surface area contributed by atoms with Gasteiger partial charge in [-0.25, -0.2) is 4.39 Å². The largest absolute Gasteiger partial charge is 0.330 e. The van der Waals surface area contributed by atoms with Crippen LogP contribution in [0.2, 0.25) is 5.02 Å². The maximum Gasteiger partial charge on any atom is 0.126 e. The number of halogens is 2. The molecule has 1 unspecified atom stereocenters. The molecule has 19 heavy (non-hydrogen) atoms. The molecule has 0 spiro atoms. The molecule has 2 aromatic rings. The van der Waals surface area contributed by atoms with E-state index in [2.05, 4.69) is 0 Å². The highest BCUT2D eigenvalue weighted by Crippen LogP contribution is 2.18. The first-order valence-corrected chi connectivity index (χ1v) is 6.74. The van der Waals surface area contributed by atoms with Gasteiger partial charge in [-0.3, -0.25) is 0 Å². The van der Waals surface area contributed by atoms with Crippen LogP contribution in [0.1, 0.15) is 11.1 Å². The monoisotopic (exact) mass is 277 g/mol. The van der Waals surface area contributed by atoms with Gasteiger partial charge < -0.3 is 5.73 Å². The molecule has 100 valence electrons. The SMILES string of the molecule is NCC(Cc1cccc(Cl)c1)Cc1ccccc1F. The molecule has 0 amide bonds. The first-order chi connectivity index (χ1) is 9.19. The van der Waals surface area contributed by atoms with E-state index in [1.807, 2.05) is 36.4 Å². The number of benzene rings is 2. The molecule has 0 saturated heterocycles. The lowest BCUT2D eigenvalue weighted by Gasteiger charge is -2.15. The zero-order valence-electron chi connectivity index (χ0n) is 10.7. The Kier molecular flexibility index (Phi) is 4.94. The Morgan fingerprint density at radius 2 is 1.84 bits per heavy atom. The van der Waals surface area contributed by atoms with Gasteiger partial charge in [0.2, 0.25) is 0 Å². The molecule has 0 aliphatic rings. The fourth-order valence-corrected chi connectivity index (χ4v) is 2.42. The van der Waals surface area contributed by atoms with Crippen molar-refractivity contribution in [2.75, 3.05) is 6.54 Å². The van der Waals surface area contributed by atoms with Crippen LogP contribution in [0, 0.1) is 11.7 Å². The molecule has 0 radical (unpaired) electrons. The van der Waals surface area contributed by atoms with Gasteiger partial charge in [-0.15, -0.1) is 0 Å². The van der Waals surface area contributed by atoms with Gasteiger partial charge in [-0.2, -0.15) is 0 Å². The summed E-state index contributed by atoms with van der Waals surface area (Å²) in [4.78, 5) is 0.